The molecule has 1 fully saturated rings. The van der Waals surface area contributed by atoms with Crippen LogP contribution in [0.4, 0.5) is 14.5 Å². The zero-order valence-electron chi connectivity index (χ0n) is 19.0. The van der Waals surface area contributed by atoms with Gasteiger partial charge in [0.2, 0.25) is 0 Å². The van der Waals surface area contributed by atoms with Crippen LogP contribution in [-0.2, 0) is 0 Å². The molecule has 1 saturated heterocycles. The maximum absolute atomic E-state index is 14.1. The summed E-state index contributed by atoms with van der Waals surface area (Å²) in [5.74, 6) is -1.74. The van der Waals surface area contributed by atoms with E-state index in [9.17, 15) is 18.4 Å². The molecule has 4 rings (SSSR count). The molecule has 6 nitrogen and oxygen atoms in total. The van der Waals surface area contributed by atoms with E-state index >= 15 is 0 Å². The molecule has 2 amide bonds. The predicted molar refractivity (Wildman–Crippen MR) is 124 cm³/mol. The number of amides is 2. The summed E-state index contributed by atoms with van der Waals surface area (Å²) in [7, 11) is 1.56. The highest BCUT2D eigenvalue weighted by Gasteiger charge is 2.29. The van der Waals surface area contributed by atoms with Gasteiger partial charge in [0.15, 0.2) is 0 Å². The van der Waals surface area contributed by atoms with Crippen LogP contribution in [0.3, 0.4) is 0 Å². The lowest BCUT2D eigenvalue weighted by Gasteiger charge is -2.32. The number of aryl methyl sites for hydroxylation is 1. The number of methoxy groups -OCH3 is 1. The largest absolute Gasteiger partial charge is 0.497 e. The minimum absolute atomic E-state index is 0.0342. The topological polar surface area (TPSA) is 71.5 Å². The molecule has 0 aliphatic carbocycles. The number of anilines is 1. The van der Waals surface area contributed by atoms with Gasteiger partial charge in [-0.3, -0.25) is 14.6 Å². The average Bonchev–Trinajstić information content (AvgIpc) is 2.84. The van der Waals surface area contributed by atoms with Crippen LogP contribution in [0, 0.1) is 18.6 Å². The highest BCUT2D eigenvalue weighted by atomic mass is 19.1. The van der Waals surface area contributed by atoms with Gasteiger partial charge in [0, 0.05) is 42.5 Å². The normalized spacial score (nSPS) is 14.1. The van der Waals surface area contributed by atoms with Gasteiger partial charge >= 0.3 is 0 Å². The molecule has 0 bridgehead atoms. The summed E-state index contributed by atoms with van der Waals surface area (Å²) in [5, 5.41) is 2.90. The summed E-state index contributed by atoms with van der Waals surface area (Å²) in [6.07, 6.45) is 1.15. The molecule has 8 heteroatoms. The Morgan fingerprint density at radius 2 is 1.76 bits per heavy atom. The first-order valence-electron chi connectivity index (χ1n) is 11.0. The summed E-state index contributed by atoms with van der Waals surface area (Å²) in [6.45, 7) is 2.63. The van der Waals surface area contributed by atoms with Crippen LogP contribution in [0.25, 0.3) is 0 Å². The minimum atomic E-state index is -0.871. The summed E-state index contributed by atoms with van der Waals surface area (Å²) in [5.41, 5.74) is 2.41. The van der Waals surface area contributed by atoms with Crippen molar-refractivity contribution in [2.45, 2.75) is 25.7 Å². The molecule has 34 heavy (non-hydrogen) atoms. The highest BCUT2D eigenvalue weighted by Crippen LogP contribution is 2.31. The zero-order chi connectivity index (χ0) is 24.2. The number of nitrogens with one attached hydrogen (secondary N) is 1. The number of rotatable bonds is 5. The number of ether oxygens (including phenoxy) is 1. The molecule has 1 aliphatic rings. The molecule has 0 unspecified atom stereocenters. The van der Waals surface area contributed by atoms with Crippen molar-refractivity contribution < 1.29 is 23.1 Å². The fourth-order valence-electron chi connectivity index (χ4n) is 4.17. The van der Waals surface area contributed by atoms with E-state index in [-0.39, 0.29) is 17.4 Å². The van der Waals surface area contributed by atoms with Crippen LogP contribution in [0.5, 0.6) is 5.75 Å². The Kier molecular flexibility index (Phi) is 6.86. The van der Waals surface area contributed by atoms with E-state index in [0.717, 1.165) is 11.8 Å². The lowest BCUT2D eigenvalue weighted by Crippen LogP contribution is -2.38. The molecule has 3 aromatic rings. The van der Waals surface area contributed by atoms with Crippen molar-refractivity contribution in [2.75, 3.05) is 25.5 Å². The Balaban J connectivity index is 1.49. The average molecular weight is 466 g/mol. The molecule has 176 valence electrons. The molecule has 0 spiro atoms. The molecule has 2 heterocycles. The van der Waals surface area contributed by atoms with Crippen molar-refractivity contribution in [1.82, 2.24) is 9.88 Å². The smallest absolute Gasteiger partial charge is 0.257 e. The van der Waals surface area contributed by atoms with Gasteiger partial charge in [-0.1, -0.05) is 6.07 Å². The number of aromatic nitrogens is 1. The van der Waals surface area contributed by atoms with E-state index in [1.54, 1.807) is 48.4 Å². The first-order valence-corrected chi connectivity index (χ1v) is 11.0. The van der Waals surface area contributed by atoms with Crippen LogP contribution in [0.1, 0.15) is 50.9 Å². The first-order chi connectivity index (χ1) is 16.4. The molecule has 1 aromatic heterocycles. The van der Waals surface area contributed by atoms with Crippen LogP contribution in [0.15, 0.2) is 54.6 Å². The summed E-state index contributed by atoms with van der Waals surface area (Å²) in [4.78, 5) is 32.0. The monoisotopic (exact) mass is 465 g/mol. The fourth-order valence-corrected chi connectivity index (χ4v) is 4.17. The van der Waals surface area contributed by atoms with Crippen molar-refractivity contribution in [3.8, 4) is 5.75 Å². The van der Waals surface area contributed by atoms with E-state index < -0.39 is 17.5 Å². The van der Waals surface area contributed by atoms with E-state index in [0.29, 0.717) is 54.7 Å². The number of hydrogen-bond acceptors (Lipinski definition) is 4. The maximum Gasteiger partial charge on any atom is 0.257 e. The second-order valence-corrected chi connectivity index (χ2v) is 8.26. The number of pyridine rings is 1. The lowest BCUT2D eigenvalue weighted by molar-refractivity contribution is 0.0706. The van der Waals surface area contributed by atoms with Gasteiger partial charge in [-0.15, -0.1) is 0 Å². The summed E-state index contributed by atoms with van der Waals surface area (Å²) >= 11 is 0. The highest BCUT2D eigenvalue weighted by molar-refractivity contribution is 6.05. The third kappa shape index (κ3) is 5.06. The molecular weight excluding hydrogens is 440 g/mol. The SMILES string of the molecule is COc1cccc(NC(=O)c2ccc(C)nc2C2CCN(C(=O)c3ccc(F)cc3F)CC2)c1. The number of hydrogen-bond donors (Lipinski definition) is 1. The fraction of sp³-hybridized carbons (Fsp3) is 0.269. The van der Waals surface area contributed by atoms with Crippen LogP contribution >= 0.6 is 0 Å². The number of likely N-dealkylation sites (tertiary alicyclic amines) is 1. The van der Waals surface area contributed by atoms with Gasteiger partial charge in [-0.2, -0.15) is 0 Å². The number of halogens is 2. The number of piperidine rings is 1. The Morgan fingerprint density at radius 1 is 1.03 bits per heavy atom. The predicted octanol–water partition coefficient (Wildman–Crippen LogP) is 4.95. The van der Waals surface area contributed by atoms with Crippen LogP contribution < -0.4 is 10.1 Å². The zero-order valence-corrected chi connectivity index (χ0v) is 19.0. The van der Waals surface area contributed by atoms with Gasteiger partial charge in [0.05, 0.1) is 23.9 Å². The minimum Gasteiger partial charge on any atom is -0.497 e. The quantitative estimate of drug-likeness (QED) is 0.579. The van der Waals surface area contributed by atoms with E-state index in [1.165, 1.54) is 6.07 Å². The van der Waals surface area contributed by atoms with Gasteiger partial charge in [-0.05, 0) is 56.2 Å². The number of nitrogens with zero attached hydrogens (tertiary/aromatic N) is 2. The van der Waals surface area contributed by atoms with Crippen LogP contribution in [0.2, 0.25) is 0 Å². The second-order valence-electron chi connectivity index (χ2n) is 8.26. The lowest BCUT2D eigenvalue weighted by atomic mass is 9.89. The molecule has 0 saturated carbocycles. The van der Waals surface area contributed by atoms with Crippen LogP contribution in [-0.4, -0.2) is 41.9 Å². The molecule has 0 atom stereocenters. The van der Waals surface area contributed by atoms with Crippen molar-refractivity contribution in [3.05, 3.63) is 88.7 Å². The van der Waals surface area contributed by atoms with Gasteiger partial charge in [-0.25, -0.2) is 8.78 Å². The van der Waals surface area contributed by atoms with Crippen molar-refractivity contribution in [3.63, 3.8) is 0 Å². The van der Waals surface area contributed by atoms with Gasteiger partial charge < -0.3 is 15.0 Å². The van der Waals surface area contributed by atoms with Crippen molar-refractivity contribution >= 4 is 17.5 Å². The summed E-state index contributed by atoms with van der Waals surface area (Å²) in [6, 6.07) is 13.6. The third-order valence-corrected chi connectivity index (χ3v) is 5.97. The third-order valence-electron chi connectivity index (χ3n) is 5.97. The van der Waals surface area contributed by atoms with Crippen molar-refractivity contribution in [2.24, 2.45) is 0 Å². The van der Waals surface area contributed by atoms with Gasteiger partial charge in [0.25, 0.3) is 11.8 Å². The molecular formula is C26H25F2N3O3. The standard InChI is InChI=1S/C26H25F2N3O3/c1-16-6-8-22(25(32)30-19-4-3-5-20(15-19)34-2)24(29-16)17-10-12-31(13-11-17)26(33)21-9-7-18(27)14-23(21)28/h3-9,14-15,17H,10-13H2,1-2H3,(H,30,32). The second kappa shape index (κ2) is 9.99. The number of carbonyl (C=O) groups is 2. The van der Waals surface area contributed by atoms with E-state index in [2.05, 4.69) is 10.3 Å². The van der Waals surface area contributed by atoms with Gasteiger partial charge in [0.1, 0.15) is 17.4 Å². The Hall–Kier alpha value is -3.81. The Bertz CT molecular complexity index is 1220. The number of benzene rings is 2. The molecule has 2 aromatic carbocycles. The van der Waals surface area contributed by atoms with E-state index in [4.69, 9.17) is 4.74 Å². The Labute approximate surface area is 196 Å². The molecule has 1 aliphatic heterocycles. The summed E-state index contributed by atoms with van der Waals surface area (Å²) < 4.78 is 32.5. The Morgan fingerprint density at radius 3 is 2.47 bits per heavy atom. The first kappa shape index (κ1) is 23.4. The molecule has 0 radical (unpaired) electrons. The number of carbonyl (C=O) groups excluding carboxylic acids is 2. The molecule has 1 N–H and O–H groups in total. The van der Waals surface area contributed by atoms with Crippen molar-refractivity contribution in [1.29, 1.82) is 0 Å². The maximum atomic E-state index is 14.1. The van der Waals surface area contributed by atoms with E-state index in [1.807, 2.05) is 6.92 Å².